The SMILES string of the molecule is C=C(C)C(=O)OCCNC(=O)OCCC(=O)OC(C)(C)CCl. The van der Waals surface area contributed by atoms with Crippen LogP contribution in [-0.4, -0.2) is 49.3 Å². The van der Waals surface area contributed by atoms with Crippen molar-refractivity contribution in [1.29, 1.82) is 0 Å². The van der Waals surface area contributed by atoms with Crippen LogP contribution in [-0.2, 0) is 23.8 Å². The van der Waals surface area contributed by atoms with Crippen LogP contribution in [0, 0.1) is 0 Å². The molecule has 0 saturated heterocycles. The minimum atomic E-state index is -0.756. The van der Waals surface area contributed by atoms with Gasteiger partial charge in [0.25, 0.3) is 0 Å². The third kappa shape index (κ3) is 10.0. The van der Waals surface area contributed by atoms with Crippen molar-refractivity contribution in [2.45, 2.75) is 32.8 Å². The molecule has 0 saturated carbocycles. The van der Waals surface area contributed by atoms with Crippen molar-refractivity contribution in [3.8, 4) is 0 Å². The zero-order chi connectivity index (χ0) is 17.2. The molecule has 0 aromatic rings. The van der Waals surface area contributed by atoms with E-state index in [1.54, 1.807) is 13.8 Å². The number of halogens is 1. The molecule has 0 rings (SSSR count). The predicted molar refractivity (Wildman–Crippen MR) is 80.6 cm³/mol. The molecule has 0 aliphatic rings. The van der Waals surface area contributed by atoms with Crippen LogP contribution in [0.5, 0.6) is 0 Å². The molecule has 0 fully saturated rings. The number of carbonyl (C=O) groups excluding carboxylic acids is 3. The molecule has 0 spiro atoms. The largest absolute Gasteiger partial charge is 0.460 e. The van der Waals surface area contributed by atoms with Gasteiger partial charge in [-0.2, -0.15) is 0 Å². The van der Waals surface area contributed by atoms with E-state index in [9.17, 15) is 14.4 Å². The van der Waals surface area contributed by atoms with Gasteiger partial charge in [0.2, 0.25) is 0 Å². The average Bonchev–Trinajstić information content (AvgIpc) is 2.42. The van der Waals surface area contributed by atoms with Crippen molar-refractivity contribution in [3.63, 3.8) is 0 Å². The minimum absolute atomic E-state index is 0.00669. The fraction of sp³-hybridized carbons (Fsp3) is 0.643. The summed E-state index contributed by atoms with van der Waals surface area (Å²) in [5.74, 6) is -0.864. The lowest BCUT2D eigenvalue weighted by atomic mass is 10.2. The molecule has 22 heavy (non-hydrogen) atoms. The van der Waals surface area contributed by atoms with Crippen molar-refractivity contribution in [2.24, 2.45) is 0 Å². The van der Waals surface area contributed by atoms with Crippen LogP contribution in [0.3, 0.4) is 0 Å². The third-order valence-corrected chi connectivity index (χ3v) is 2.85. The molecule has 0 aliphatic carbocycles. The number of alkyl halides is 1. The van der Waals surface area contributed by atoms with Crippen LogP contribution in [0.15, 0.2) is 12.2 Å². The van der Waals surface area contributed by atoms with Gasteiger partial charge in [-0.05, 0) is 20.8 Å². The summed E-state index contributed by atoms with van der Waals surface area (Å²) in [5, 5.41) is 2.37. The minimum Gasteiger partial charge on any atom is -0.460 e. The standard InChI is InChI=1S/C14H22ClNO6/c1-10(2)12(18)20-8-6-16-13(19)21-7-5-11(17)22-14(3,4)9-15/h1,5-9H2,2-4H3,(H,16,19). The Morgan fingerprint density at radius 2 is 1.82 bits per heavy atom. The summed E-state index contributed by atoms with van der Waals surface area (Å²) in [6.07, 6.45) is -0.783. The van der Waals surface area contributed by atoms with Gasteiger partial charge in [0.05, 0.1) is 18.8 Å². The van der Waals surface area contributed by atoms with Gasteiger partial charge in [0.15, 0.2) is 0 Å². The van der Waals surface area contributed by atoms with Crippen LogP contribution in [0.1, 0.15) is 27.2 Å². The highest BCUT2D eigenvalue weighted by Gasteiger charge is 2.21. The Kier molecular flexibility index (Phi) is 9.24. The number of carbonyl (C=O) groups is 3. The van der Waals surface area contributed by atoms with Crippen molar-refractivity contribution in [2.75, 3.05) is 25.6 Å². The number of rotatable bonds is 9. The van der Waals surface area contributed by atoms with Crippen LogP contribution >= 0.6 is 11.6 Å². The molecule has 1 N–H and O–H groups in total. The van der Waals surface area contributed by atoms with Crippen LogP contribution in [0.25, 0.3) is 0 Å². The van der Waals surface area contributed by atoms with Crippen molar-refractivity contribution >= 4 is 29.6 Å². The predicted octanol–water partition coefficient (Wildman–Crippen LogP) is 1.78. The van der Waals surface area contributed by atoms with E-state index in [4.69, 9.17) is 25.8 Å². The first-order valence-electron chi connectivity index (χ1n) is 6.69. The Morgan fingerprint density at radius 1 is 1.18 bits per heavy atom. The second-order valence-corrected chi connectivity index (χ2v) is 5.36. The van der Waals surface area contributed by atoms with Gasteiger partial charge in [-0.25, -0.2) is 9.59 Å². The maximum Gasteiger partial charge on any atom is 0.407 e. The van der Waals surface area contributed by atoms with E-state index in [1.807, 2.05) is 0 Å². The van der Waals surface area contributed by atoms with Crippen LogP contribution in [0.2, 0.25) is 0 Å². The molecule has 0 heterocycles. The second-order valence-electron chi connectivity index (χ2n) is 5.10. The lowest BCUT2D eigenvalue weighted by Gasteiger charge is -2.21. The molecule has 8 heteroatoms. The van der Waals surface area contributed by atoms with Gasteiger partial charge in [-0.3, -0.25) is 4.79 Å². The van der Waals surface area contributed by atoms with Gasteiger partial charge >= 0.3 is 18.0 Å². The van der Waals surface area contributed by atoms with Gasteiger partial charge in [-0.1, -0.05) is 6.58 Å². The number of hydrogen-bond donors (Lipinski definition) is 1. The smallest absolute Gasteiger partial charge is 0.407 e. The zero-order valence-electron chi connectivity index (χ0n) is 13.1. The summed E-state index contributed by atoms with van der Waals surface area (Å²) in [6.45, 7) is 8.29. The molecule has 0 aliphatic heterocycles. The first-order valence-corrected chi connectivity index (χ1v) is 7.22. The lowest BCUT2D eigenvalue weighted by Crippen LogP contribution is -2.31. The number of hydrogen-bond acceptors (Lipinski definition) is 6. The third-order valence-electron chi connectivity index (χ3n) is 2.20. The highest BCUT2D eigenvalue weighted by Crippen LogP contribution is 2.12. The van der Waals surface area contributed by atoms with E-state index < -0.39 is 23.6 Å². The molecule has 0 radical (unpaired) electrons. The number of esters is 2. The quantitative estimate of drug-likeness (QED) is 0.227. The zero-order valence-corrected chi connectivity index (χ0v) is 13.8. The first kappa shape index (κ1) is 20.2. The molecule has 0 aromatic carbocycles. The van der Waals surface area contributed by atoms with Crippen molar-refractivity contribution in [1.82, 2.24) is 5.32 Å². The number of alkyl carbamates (subject to hydrolysis) is 1. The van der Waals surface area contributed by atoms with E-state index in [2.05, 4.69) is 11.9 Å². The highest BCUT2D eigenvalue weighted by molar-refractivity contribution is 6.18. The molecule has 7 nitrogen and oxygen atoms in total. The fourth-order valence-corrected chi connectivity index (χ4v) is 1.14. The van der Waals surface area contributed by atoms with E-state index in [1.165, 1.54) is 6.92 Å². The molecular weight excluding hydrogens is 314 g/mol. The number of amides is 1. The Bertz CT molecular complexity index is 422. The van der Waals surface area contributed by atoms with Gasteiger partial charge in [0.1, 0.15) is 18.8 Å². The second kappa shape index (κ2) is 10.0. The molecule has 0 atom stereocenters. The Labute approximate surface area is 134 Å². The van der Waals surface area contributed by atoms with Crippen molar-refractivity contribution < 1.29 is 28.6 Å². The van der Waals surface area contributed by atoms with Gasteiger partial charge in [0, 0.05) is 5.57 Å². The van der Waals surface area contributed by atoms with E-state index in [0.717, 1.165) is 0 Å². The molecule has 0 unspecified atom stereocenters. The highest BCUT2D eigenvalue weighted by atomic mass is 35.5. The normalized spacial score (nSPS) is 10.5. The summed E-state index contributed by atoms with van der Waals surface area (Å²) in [4.78, 5) is 33.8. The summed E-state index contributed by atoms with van der Waals surface area (Å²) in [5.41, 5.74) is -0.477. The molecule has 126 valence electrons. The molecule has 1 amide bonds. The topological polar surface area (TPSA) is 90.9 Å². The summed E-state index contributed by atoms with van der Waals surface area (Å²) >= 11 is 5.62. The number of nitrogens with one attached hydrogen (secondary N) is 1. The van der Waals surface area contributed by atoms with Gasteiger partial charge in [-0.15, -0.1) is 11.6 Å². The lowest BCUT2D eigenvalue weighted by molar-refractivity contribution is -0.155. The molecule has 0 bridgehead atoms. The van der Waals surface area contributed by atoms with E-state index in [0.29, 0.717) is 0 Å². The van der Waals surface area contributed by atoms with Crippen LogP contribution in [0.4, 0.5) is 4.79 Å². The summed E-state index contributed by atoms with van der Waals surface area (Å²) < 4.78 is 14.6. The van der Waals surface area contributed by atoms with Crippen LogP contribution < -0.4 is 5.32 Å². The summed E-state index contributed by atoms with van der Waals surface area (Å²) in [7, 11) is 0. The maximum absolute atomic E-state index is 11.4. The average molecular weight is 336 g/mol. The van der Waals surface area contributed by atoms with Gasteiger partial charge < -0.3 is 19.5 Å². The van der Waals surface area contributed by atoms with Crippen molar-refractivity contribution in [3.05, 3.63) is 12.2 Å². The van der Waals surface area contributed by atoms with E-state index >= 15 is 0 Å². The molecular formula is C14H22ClNO6. The molecule has 0 aromatic heterocycles. The number of ether oxygens (including phenoxy) is 3. The first-order chi connectivity index (χ1) is 10.2. The summed E-state index contributed by atoms with van der Waals surface area (Å²) in [6, 6.07) is 0. The maximum atomic E-state index is 11.4. The Hall–Kier alpha value is -1.76. The van der Waals surface area contributed by atoms with E-state index in [-0.39, 0.29) is 37.6 Å². The fourth-order valence-electron chi connectivity index (χ4n) is 1.08. The Morgan fingerprint density at radius 3 is 2.36 bits per heavy atom. The monoisotopic (exact) mass is 335 g/mol. The Balaban J connectivity index is 3.72.